The molecule has 21 heavy (non-hydrogen) atoms. The molecule has 1 aliphatic rings. The number of ether oxygens (including phenoxy) is 1. The highest BCUT2D eigenvalue weighted by Crippen LogP contribution is 2.49. The summed E-state index contributed by atoms with van der Waals surface area (Å²) in [5.74, 6) is 0.301. The Morgan fingerprint density at radius 2 is 2.14 bits per heavy atom. The molecule has 116 valence electrons. The third-order valence-corrected chi connectivity index (χ3v) is 5.07. The highest BCUT2D eigenvalue weighted by atomic mass is 35.5. The monoisotopic (exact) mass is 312 g/mol. The average Bonchev–Trinajstić information content (AvgIpc) is 2.45. The van der Waals surface area contributed by atoms with Crippen LogP contribution in [0.5, 0.6) is 5.75 Å². The van der Waals surface area contributed by atoms with Crippen molar-refractivity contribution in [3.05, 3.63) is 33.3 Å². The van der Waals surface area contributed by atoms with Gasteiger partial charge in [-0.3, -0.25) is 10.1 Å². The van der Waals surface area contributed by atoms with E-state index in [0.717, 1.165) is 19.3 Å². The normalized spacial score (nSPS) is 23.4. The fourth-order valence-electron chi connectivity index (χ4n) is 3.40. The van der Waals surface area contributed by atoms with Gasteiger partial charge < -0.3 is 10.1 Å². The Kier molecular flexibility index (Phi) is 4.74. The number of nitrogens with one attached hydrogen (secondary N) is 1. The van der Waals surface area contributed by atoms with Gasteiger partial charge in [0.15, 0.2) is 5.75 Å². The molecule has 6 heteroatoms. The van der Waals surface area contributed by atoms with Crippen LogP contribution in [0, 0.1) is 15.5 Å². The summed E-state index contributed by atoms with van der Waals surface area (Å²) in [5, 5.41) is 14.8. The second kappa shape index (κ2) is 6.20. The zero-order chi connectivity index (χ0) is 15.6. The minimum absolute atomic E-state index is 0.00942. The van der Waals surface area contributed by atoms with Crippen LogP contribution in [0.1, 0.15) is 33.1 Å². The van der Waals surface area contributed by atoms with Crippen LogP contribution in [0.3, 0.4) is 0 Å². The Morgan fingerprint density at radius 3 is 2.67 bits per heavy atom. The van der Waals surface area contributed by atoms with Gasteiger partial charge in [-0.05, 0) is 32.0 Å². The lowest BCUT2D eigenvalue weighted by Gasteiger charge is -2.55. The predicted molar refractivity (Wildman–Crippen MR) is 83.0 cm³/mol. The first-order valence-electron chi connectivity index (χ1n) is 7.26. The van der Waals surface area contributed by atoms with E-state index in [9.17, 15) is 10.1 Å². The molecular weight excluding hydrogens is 292 g/mol. The molecule has 2 atom stereocenters. The van der Waals surface area contributed by atoms with Crippen molar-refractivity contribution in [3.8, 4) is 5.75 Å². The van der Waals surface area contributed by atoms with Crippen molar-refractivity contribution >= 4 is 17.3 Å². The number of rotatable bonds is 6. The fraction of sp³-hybridized carbons (Fsp3) is 0.600. The Bertz CT molecular complexity index is 532. The van der Waals surface area contributed by atoms with Crippen LogP contribution < -0.4 is 10.1 Å². The van der Waals surface area contributed by atoms with Crippen molar-refractivity contribution in [1.82, 2.24) is 5.32 Å². The first kappa shape index (κ1) is 16.0. The van der Waals surface area contributed by atoms with E-state index in [2.05, 4.69) is 19.2 Å². The highest BCUT2D eigenvalue weighted by Gasteiger charge is 2.54. The molecule has 0 radical (unpaired) electrons. The number of hydrogen-bond acceptors (Lipinski definition) is 4. The van der Waals surface area contributed by atoms with Crippen molar-refractivity contribution in [1.29, 1.82) is 0 Å². The van der Waals surface area contributed by atoms with Crippen LogP contribution in [0.4, 0.5) is 5.69 Å². The Morgan fingerprint density at radius 1 is 1.48 bits per heavy atom. The fourth-order valence-corrected chi connectivity index (χ4v) is 3.57. The van der Waals surface area contributed by atoms with E-state index < -0.39 is 4.92 Å². The standard InChI is InChI=1S/C15H21ClN2O3/c1-4-15(5-2)13(17-3)9-14(15)21-12-7-6-10(16)8-11(12)18(19)20/h6-8,13-14,17H,4-5,9H2,1-3H3. The van der Waals surface area contributed by atoms with Crippen molar-refractivity contribution in [2.24, 2.45) is 5.41 Å². The van der Waals surface area contributed by atoms with E-state index in [0.29, 0.717) is 16.8 Å². The molecule has 2 unspecified atom stereocenters. The van der Waals surface area contributed by atoms with Gasteiger partial charge in [0, 0.05) is 29.0 Å². The summed E-state index contributed by atoms with van der Waals surface area (Å²) in [4.78, 5) is 10.7. The van der Waals surface area contributed by atoms with Crippen molar-refractivity contribution in [2.45, 2.75) is 45.3 Å². The van der Waals surface area contributed by atoms with Crippen LogP contribution in [0.25, 0.3) is 0 Å². The predicted octanol–water partition coefficient (Wildman–Crippen LogP) is 3.79. The van der Waals surface area contributed by atoms with Gasteiger partial charge >= 0.3 is 5.69 Å². The van der Waals surface area contributed by atoms with Crippen molar-refractivity contribution in [2.75, 3.05) is 7.05 Å². The molecule has 0 heterocycles. The summed E-state index contributed by atoms with van der Waals surface area (Å²) < 4.78 is 5.99. The summed E-state index contributed by atoms with van der Waals surface area (Å²) in [7, 11) is 1.95. The number of benzene rings is 1. The average molecular weight is 313 g/mol. The van der Waals surface area contributed by atoms with Crippen LogP contribution in [-0.2, 0) is 0 Å². The minimum atomic E-state index is -0.449. The van der Waals surface area contributed by atoms with E-state index in [4.69, 9.17) is 16.3 Å². The van der Waals surface area contributed by atoms with Gasteiger partial charge in [0.05, 0.1) is 4.92 Å². The molecular formula is C15H21ClN2O3. The largest absolute Gasteiger partial charge is 0.483 e. The van der Waals surface area contributed by atoms with Gasteiger partial charge in [0.2, 0.25) is 0 Å². The van der Waals surface area contributed by atoms with Gasteiger partial charge in [-0.2, -0.15) is 0 Å². The highest BCUT2D eigenvalue weighted by molar-refractivity contribution is 6.30. The molecule has 0 bridgehead atoms. The van der Waals surface area contributed by atoms with E-state index >= 15 is 0 Å². The van der Waals surface area contributed by atoms with Gasteiger partial charge in [-0.25, -0.2) is 0 Å². The molecule has 1 fully saturated rings. The molecule has 1 N–H and O–H groups in total. The molecule has 0 spiro atoms. The number of nitro benzene ring substituents is 1. The molecule has 1 aromatic rings. The Labute approximate surface area is 129 Å². The maximum absolute atomic E-state index is 11.1. The zero-order valence-corrected chi connectivity index (χ0v) is 13.3. The molecule has 0 saturated heterocycles. The van der Waals surface area contributed by atoms with E-state index in [1.54, 1.807) is 12.1 Å². The van der Waals surface area contributed by atoms with Crippen LogP contribution in [-0.4, -0.2) is 24.1 Å². The molecule has 1 saturated carbocycles. The molecule has 1 aliphatic carbocycles. The first-order valence-corrected chi connectivity index (χ1v) is 7.64. The van der Waals surface area contributed by atoms with Gasteiger partial charge in [-0.1, -0.05) is 25.4 Å². The summed E-state index contributed by atoms with van der Waals surface area (Å²) in [5.41, 5.74) is -0.0427. The molecule has 0 amide bonds. The van der Waals surface area contributed by atoms with Gasteiger partial charge in [0.25, 0.3) is 0 Å². The van der Waals surface area contributed by atoms with E-state index in [1.807, 2.05) is 7.05 Å². The first-order chi connectivity index (χ1) is 9.98. The molecule has 5 nitrogen and oxygen atoms in total. The third kappa shape index (κ3) is 2.72. The lowest BCUT2D eigenvalue weighted by atomic mass is 9.58. The third-order valence-electron chi connectivity index (χ3n) is 4.84. The number of nitrogens with zero attached hydrogens (tertiary/aromatic N) is 1. The van der Waals surface area contributed by atoms with Crippen molar-refractivity contribution in [3.63, 3.8) is 0 Å². The van der Waals surface area contributed by atoms with Crippen molar-refractivity contribution < 1.29 is 9.66 Å². The maximum Gasteiger partial charge on any atom is 0.312 e. The summed E-state index contributed by atoms with van der Waals surface area (Å²) in [6, 6.07) is 4.94. The van der Waals surface area contributed by atoms with Crippen LogP contribution in [0.15, 0.2) is 18.2 Å². The Hall–Kier alpha value is -1.33. The molecule has 1 aromatic carbocycles. The van der Waals surface area contributed by atoms with Gasteiger partial charge in [0.1, 0.15) is 6.10 Å². The maximum atomic E-state index is 11.1. The molecule has 0 aliphatic heterocycles. The Balaban J connectivity index is 2.25. The quantitative estimate of drug-likeness (QED) is 0.641. The van der Waals surface area contributed by atoms with E-state index in [1.165, 1.54) is 6.07 Å². The van der Waals surface area contributed by atoms with Crippen LogP contribution in [0.2, 0.25) is 5.02 Å². The second-order valence-electron chi connectivity index (χ2n) is 5.49. The lowest BCUT2D eigenvalue weighted by molar-refractivity contribution is -0.386. The number of hydrogen-bond donors (Lipinski definition) is 1. The topological polar surface area (TPSA) is 64.4 Å². The molecule has 0 aromatic heterocycles. The number of nitro groups is 1. The summed E-state index contributed by atoms with van der Waals surface area (Å²) in [6.45, 7) is 4.28. The second-order valence-corrected chi connectivity index (χ2v) is 5.93. The zero-order valence-electron chi connectivity index (χ0n) is 12.6. The van der Waals surface area contributed by atoms with E-state index in [-0.39, 0.29) is 17.2 Å². The molecule has 2 rings (SSSR count). The summed E-state index contributed by atoms with van der Waals surface area (Å²) in [6.07, 6.45) is 2.80. The number of halogens is 1. The summed E-state index contributed by atoms with van der Waals surface area (Å²) >= 11 is 5.83. The minimum Gasteiger partial charge on any atom is -0.483 e. The lowest BCUT2D eigenvalue weighted by Crippen LogP contribution is -2.63. The smallest absolute Gasteiger partial charge is 0.312 e. The van der Waals surface area contributed by atoms with Gasteiger partial charge in [-0.15, -0.1) is 0 Å². The van der Waals surface area contributed by atoms with Crippen LogP contribution >= 0.6 is 11.6 Å². The SMILES string of the molecule is CCC1(CC)C(NC)CC1Oc1ccc(Cl)cc1[N+](=O)[O-].